The van der Waals surface area contributed by atoms with Crippen LogP contribution in [0.25, 0.3) is 0 Å². The van der Waals surface area contributed by atoms with E-state index in [-0.39, 0.29) is 38.8 Å². The average Bonchev–Trinajstić information content (AvgIpc) is 3.13. The van der Waals surface area contributed by atoms with Crippen LogP contribution >= 0.6 is 7.82 Å². The molecule has 0 radical (unpaired) electrons. The van der Waals surface area contributed by atoms with Crippen molar-refractivity contribution in [3.63, 3.8) is 0 Å². The summed E-state index contributed by atoms with van der Waals surface area (Å²) in [4.78, 5) is 34.8. The second-order valence-electron chi connectivity index (χ2n) is 13.0. The van der Waals surface area contributed by atoms with Gasteiger partial charge in [-0.2, -0.15) is 0 Å². The highest BCUT2D eigenvalue weighted by molar-refractivity contribution is 7.47. The van der Waals surface area contributed by atoms with Crippen LogP contribution in [0.5, 0.6) is 0 Å². The SMILES string of the molecule is CC/C=C\C[C@@H](O)/C=C/C=C/C=C\C=C/[C@H](O)[C@@H](O)CCCC(=O)OC[C@H](COP(=O)(O)OCCN)OC(=O)CCCCCCCCCCCCCC. The van der Waals surface area contributed by atoms with Gasteiger partial charge in [-0.05, 0) is 32.1 Å². The molecule has 12 nitrogen and oxygen atoms in total. The van der Waals surface area contributed by atoms with Crippen LogP contribution in [0.1, 0.15) is 129 Å². The van der Waals surface area contributed by atoms with Gasteiger partial charge in [0.1, 0.15) is 6.61 Å². The van der Waals surface area contributed by atoms with Crippen LogP contribution in [-0.2, 0) is 32.7 Å². The van der Waals surface area contributed by atoms with Gasteiger partial charge in [0, 0.05) is 19.4 Å². The van der Waals surface area contributed by atoms with Gasteiger partial charge in [-0.15, -0.1) is 0 Å². The Balaban J connectivity index is 4.57. The molecular weight excluding hydrogens is 701 g/mol. The number of nitrogens with two attached hydrogens (primary N) is 1. The first-order valence-corrected chi connectivity index (χ1v) is 21.1. The van der Waals surface area contributed by atoms with Crippen molar-refractivity contribution in [3.05, 3.63) is 60.8 Å². The molecule has 0 aromatic heterocycles. The number of hydrogen-bond donors (Lipinski definition) is 5. The molecule has 0 fully saturated rings. The molecule has 0 saturated heterocycles. The van der Waals surface area contributed by atoms with E-state index in [1.165, 1.54) is 57.4 Å². The van der Waals surface area contributed by atoms with Gasteiger partial charge >= 0.3 is 19.8 Å². The van der Waals surface area contributed by atoms with E-state index in [1.807, 2.05) is 19.1 Å². The Morgan fingerprint density at radius 1 is 0.698 bits per heavy atom. The second-order valence-corrected chi connectivity index (χ2v) is 14.4. The summed E-state index contributed by atoms with van der Waals surface area (Å²) < 4.78 is 32.4. The summed E-state index contributed by atoms with van der Waals surface area (Å²) in [6, 6.07) is 0. The van der Waals surface area contributed by atoms with Crippen molar-refractivity contribution in [2.45, 2.75) is 154 Å². The monoisotopic (exact) mass is 771 g/mol. The number of aliphatic hydroxyl groups excluding tert-OH is 3. The zero-order chi connectivity index (χ0) is 39.4. The van der Waals surface area contributed by atoms with Gasteiger partial charge in [0.2, 0.25) is 0 Å². The highest BCUT2D eigenvalue weighted by Gasteiger charge is 2.26. The Kier molecular flexibility index (Phi) is 33.7. The van der Waals surface area contributed by atoms with Gasteiger partial charge in [-0.3, -0.25) is 18.6 Å². The van der Waals surface area contributed by atoms with E-state index in [4.69, 9.17) is 24.3 Å². The van der Waals surface area contributed by atoms with Crippen molar-refractivity contribution in [1.29, 1.82) is 0 Å². The Labute approximate surface area is 318 Å². The molecule has 0 aliphatic heterocycles. The molecule has 0 amide bonds. The minimum atomic E-state index is -4.46. The third-order valence-electron chi connectivity index (χ3n) is 8.01. The molecule has 0 aliphatic rings. The summed E-state index contributed by atoms with van der Waals surface area (Å²) in [5, 5.41) is 30.3. The molecule has 6 N–H and O–H groups in total. The molecule has 5 atom stereocenters. The van der Waals surface area contributed by atoms with E-state index in [0.717, 1.165) is 25.7 Å². The molecule has 0 heterocycles. The zero-order valence-corrected chi connectivity index (χ0v) is 33.2. The topological polar surface area (TPSA) is 195 Å². The number of phosphoric acid groups is 1. The lowest BCUT2D eigenvalue weighted by Gasteiger charge is -2.20. The number of hydrogen-bond acceptors (Lipinski definition) is 11. The van der Waals surface area contributed by atoms with Crippen LogP contribution in [0.4, 0.5) is 0 Å². The Morgan fingerprint density at radius 2 is 1.26 bits per heavy atom. The van der Waals surface area contributed by atoms with Crippen LogP contribution in [0, 0.1) is 0 Å². The second kappa shape index (κ2) is 35.3. The Hall–Kier alpha value is -2.41. The molecule has 1 unspecified atom stereocenters. The van der Waals surface area contributed by atoms with Crippen LogP contribution < -0.4 is 5.73 Å². The third kappa shape index (κ3) is 33.9. The molecule has 13 heteroatoms. The van der Waals surface area contributed by atoms with Gasteiger partial charge in [0.25, 0.3) is 0 Å². The molecule has 0 spiro atoms. The Morgan fingerprint density at radius 3 is 1.87 bits per heavy atom. The van der Waals surface area contributed by atoms with Crippen molar-refractivity contribution in [2.24, 2.45) is 5.73 Å². The minimum Gasteiger partial charge on any atom is -0.462 e. The number of esters is 2. The Bertz CT molecular complexity index is 1110. The summed E-state index contributed by atoms with van der Waals surface area (Å²) in [5.74, 6) is -1.17. The fraction of sp³-hybridized carbons (Fsp3) is 0.700. The summed E-state index contributed by atoms with van der Waals surface area (Å²) in [6.07, 6.45) is 29.2. The van der Waals surface area contributed by atoms with Gasteiger partial charge in [0.15, 0.2) is 6.10 Å². The molecule has 0 aliphatic carbocycles. The van der Waals surface area contributed by atoms with E-state index in [0.29, 0.717) is 12.8 Å². The van der Waals surface area contributed by atoms with Gasteiger partial charge in [-0.1, -0.05) is 145 Å². The fourth-order valence-electron chi connectivity index (χ4n) is 4.97. The van der Waals surface area contributed by atoms with Crippen molar-refractivity contribution in [1.82, 2.24) is 0 Å². The largest absolute Gasteiger partial charge is 0.472 e. The van der Waals surface area contributed by atoms with Crippen molar-refractivity contribution >= 4 is 19.8 Å². The van der Waals surface area contributed by atoms with Crippen molar-refractivity contribution < 1.29 is 52.9 Å². The third-order valence-corrected chi connectivity index (χ3v) is 8.99. The van der Waals surface area contributed by atoms with E-state index < -0.39 is 57.4 Å². The number of phosphoric ester groups is 1. The van der Waals surface area contributed by atoms with E-state index in [9.17, 15) is 34.4 Å². The molecule has 53 heavy (non-hydrogen) atoms. The summed E-state index contributed by atoms with van der Waals surface area (Å²) in [5.41, 5.74) is 5.31. The number of ether oxygens (including phenoxy) is 2. The lowest BCUT2D eigenvalue weighted by Crippen LogP contribution is -2.30. The maximum absolute atomic E-state index is 12.5. The molecular formula is C40H70NO11P. The standard InChI is InChI=1S/C40H70NO11P/c1-3-5-7-8-9-10-11-12-13-14-19-23-29-40(46)52-36(34-51-53(47,48)50-32-31-41)33-49-39(45)30-24-28-38(44)37(43)27-22-18-16-15-17-21-26-35(42)25-20-6-4-2/h6,15-18,20-22,26-27,35-38,42-44H,3-5,7-14,19,23-25,28-34,41H2,1-2H3,(H,47,48)/b17-15+,18-16-,20-6-,26-21+,27-22-/t35-,36-,37+,38+/m1/s1. The quantitative estimate of drug-likeness (QED) is 0.0141. The molecule has 0 aromatic carbocycles. The number of unbranched alkanes of at least 4 members (excludes halogenated alkanes) is 11. The van der Waals surface area contributed by atoms with Crippen LogP contribution in [0.2, 0.25) is 0 Å². The van der Waals surface area contributed by atoms with Crippen LogP contribution in [-0.4, -0.2) is 82.9 Å². The van der Waals surface area contributed by atoms with Gasteiger partial charge in [0.05, 0.1) is 31.5 Å². The average molecular weight is 772 g/mol. The van der Waals surface area contributed by atoms with Crippen LogP contribution in [0.15, 0.2) is 60.8 Å². The fourth-order valence-corrected chi connectivity index (χ4v) is 5.74. The molecule has 0 saturated carbocycles. The first kappa shape index (κ1) is 50.6. The first-order chi connectivity index (χ1) is 25.5. The summed E-state index contributed by atoms with van der Waals surface area (Å²) in [6.45, 7) is 3.11. The number of rotatable bonds is 35. The predicted molar refractivity (Wildman–Crippen MR) is 210 cm³/mol. The van der Waals surface area contributed by atoms with E-state index in [2.05, 4.69) is 6.92 Å². The number of aliphatic hydroxyl groups is 3. The number of carbonyl (C=O) groups is 2. The highest BCUT2D eigenvalue weighted by Crippen LogP contribution is 2.43. The molecule has 306 valence electrons. The smallest absolute Gasteiger partial charge is 0.462 e. The maximum Gasteiger partial charge on any atom is 0.472 e. The van der Waals surface area contributed by atoms with Crippen molar-refractivity contribution in [3.8, 4) is 0 Å². The predicted octanol–water partition coefficient (Wildman–Crippen LogP) is 7.46. The highest BCUT2D eigenvalue weighted by atomic mass is 31.2. The van der Waals surface area contributed by atoms with Crippen molar-refractivity contribution in [2.75, 3.05) is 26.4 Å². The normalized spacial score (nSPS) is 15.8. The van der Waals surface area contributed by atoms with E-state index in [1.54, 1.807) is 42.5 Å². The lowest BCUT2D eigenvalue weighted by atomic mass is 10.0. The maximum atomic E-state index is 12.5. The summed E-state index contributed by atoms with van der Waals surface area (Å²) >= 11 is 0. The van der Waals surface area contributed by atoms with E-state index >= 15 is 0 Å². The van der Waals surface area contributed by atoms with Gasteiger partial charge < -0.3 is 35.4 Å². The lowest BCUT2D eigenvalue weighted by molar-refractivity contribution is -0.161. The summed E-state index contributed by atoms with van der Waals surface area (Å²) in [7, 11) is -4.46. The molecule has 0 rings (SSSR count). The zero-order valence-electron chi connectivity index (χ0n) is 32.3. The minimum absolute atomic E-state index is 0.00263. The molecule has 0 bridgehead atoms. The molecule has 0 aromatic rings. The van der Waals surface area contributed by atoms with Gasteiger partial charge in [-0.25, -0.2) is 4.57 Å². The number of allylic oxidation sites excluding steroid dienone is 7. The number of carbonyl (C=O) groups excluding carboxylic acids is 2. The first-order valence-electron chi connectivity index (χ1n) is 19.6. The van der Waals surface area contributed by atoms with Crippen LogP contribution in [0.3, 0.4) is 0 Å².